The Hall–Kier alpha value is -5.98. The molecule has 0 aliphatic carbocycles. The van der Waals surface area contributed by atoms with E-state index in [1.165, 1.54) is 98.0 Å². The van der Waals surface area contributed by atoms with E-state index in [0.717, 1.165) is 0 Å². The molecule has 0 saturated heterocycles. The van der Waals surface area contributed by atoms with Crippen LogP contribution >= 0.6 is 0 Å². The summed E-state index contributed by atoms with van der Waals surface area (Å²) in [5, 5.41) is 15.6. The van der Waals surface area contributed by atoms with Crippen molar-refractivity contribution in [2.75, 3.05) is 0 Å². The lowest BCUT2D eigenvalue weighted by atomic mass is 9.85. The maximum Gasteiger partial charge on any atom is -0.00206 e. The zero-order chi connectivity index (χ0) is 30.2. The van der Waals surface area contributed by atoms with E-state index in [1.807, 2.05) is 0 Å². The van der Waals surface area contributed by atoms with Crippen LogP contribution in [0.25, 0.3) is 98.0 Å². The van der Waals surface area contributed by atoms with E-state index in [-0.39, 0.29) is 0 Å². The van der Waals surface area contributed by atoms with E-state index in [1.54, 1.807) is 0 Å². The summed E-state index contributed by atoms with van der Waals surface area (Å²) in [7, 11) is 0. The summed E-state index contributed by atoms with van der Waals surface area (Å²) in [6.45, 7) is 0. The smallest absolute Gasteiger partial charge is 0.00206 e. The van der Waals surface area contributed by atoms with E-state index >= 15 is 0 Å². The normalized spacial score (nSPS) is 11.9. The summed E-state index contributed by atoms with van der Waals surface area (Å²) in [6, 6.07) is 62.8. The highest BCUT2D eigenvalue weighted by molar-refractivity contribution is 6.26. The summed E-state index contributed by atoms with van der Waals surface area (Å²) in [5.41, 5.74) is 7.59. The average molecular weight is 581 g/mol. The highest BCUT2D eigenvalue weighted by Gasteiger charge is 2.17. The van der Waals surface area contributed by atoms with Gasteiger partial charge in [0.05, 0.1) is 0 Å². The molecule has 0 heterocycles. The number of fused-ring (bicyclic) bond motifs is 3. The maximum atomic E-state index is 2.34. The van der Waals surface area contributed by atoms with Gasteiger partial charge >= 0.3 is 0 Å². The molecule has 10 aromatic rings. The van der Waals surface area contributed by atoms with E-state index in [4.69, 9.17) is 0 Å². The first-order valence-corrected chi connectivity index (χ1v) is 16.0. The zero-order valence-corrected chi connectivity index (χ0v) is 25.2. The Bertz CT molecular complexity index is 2710. The van der Waals surface area contributed by atoms with Crippen molar-refractivity contribution < 1.29 is 0 Å². The van der Waals surface area contributed by atoms with E-state index in [2.05, 4.69) is 170 Å². The van der Waals surface area contributed by atoms with Gasteiger partial charge in [-0.25, -0.2) is 0 Å². The molecule has 10 rings (SSSR count). The molecule has 212 valence electrons. The highest BCUT2D eigenvalue weighted by Crippen LogP contribution is 2.45. The minimum atomic E-state index is 1.24. The molecule has 0 amide bonds. The molecule has 0 aliphatic rings. The molecular formula is C46H28. The van der Waals surface area contributed by atoms with Crippen LogP contribution in [0.4, 0.5) is 0 Å². The second-order valence-electron chi connectivity index (χ2n) is 12.4. The van der Waals surface area contributed by atoms with Gasteiger partial charge in [0.2, 0.25) is 0 Å². The number of benzene rings is 10. The number of hydrogen-bond acceptors (Lipinski definition) is 0. The van der Waals surface area contributed by atoms with Crippen LogP contribution in [0.3, 0.4) is 0 Å². The molecule has 0 saturated carbocycles. The predicted octanol–water partition coefficient (Wildman–Crippen LogP) is 13.0. The van der Waals surface area contributed by atoms with Crippen molar-refractivity contribution in [2.45, 2.75) is 0 Å². The third-order valence-electron chi connectivity index (χ3n) is 9.98. The van der Waals surface area contributed by atoms with Gasteiger partial charge in [0, 0.05) is 0 Å². The third-order valence-corrected chi connectivity index (χ3v) is 9.98. The molecule has 0 spiro atoms. The van der Waals surface area contributed by atoms with Crippen molar-refractivity contribution in [1.82, 2.24) is 0 Å². The molecule has 0 fully saturated rings. The van der Waals surface area contributed by atoms with Crippen molar-refractivity contribution in [3.05, 3.63) is 170 Å². The second kappa shape index (κ2) is 9.76. The SMILES string of the molecule is c1ccc2cc(-c3c4ccccc4c(-c4ccc(-c5ccc6ccc7cccc8ccc5c6c78)cc4)c4ccccc34)ccc2c1. The first-order chi connectivity index (χ1) is 22.8. The van der Waals surface area contributed by atoms with Gasteiger partial charge in [0.15, 0.2) is 0 Å². The topological polar surface area (TPSA) is 0 Å². The van der Waals surface area contributed by atoms with E-state index in [9.17, 15) is 0 Å². The Kier molecular flexibility index (Phi) is 5.38. The predicted molar refractivity (Wildman–Crippen MR) is 199 cm³/mol. The minimum Gasteiger partial charge on any atom is -0.0616 e. The summed E-state index contributed by atoms with van der Waals surface area (Å²) < 4.78 is 0. The van der Waals surface area contributed by atoms with Crippen LogP contribution in [0.15, 0.2) is 170 Å². The van der Waals surface area contributed by atoms with Gasteiger partial charge < -0.3 is 0 Å². The van der Waals surface area contributed by atoms with Crippen molar-refractivity contribution in [3.8, 4) is 33.4 Å². The Morgan fingerprint density at radius 3 is 1.37 bits per heavy atom. The molecule has 0 atom stereocenters. The van der Waals surface area contributed by atoms with Gasteiger partial charge in [-0.05, 0) is 104 Å². The van der Waals surface area contributed by atoms with Crippen LogP contribution in [0.2, 0.25) is 0 Å². The van der Waals surface area contributed by atoms with Crippen molar-refractivity contribution in [1.29, 1.82) is 0 Å². The van der Waals surface area contributed by atoms with Crippen LogP contribution in [0, 0.1) is 0 Å². The molecular weight excluding hydrogens is 553 g/mol. The first kappa shape index (κ1) is 25.4. The summed E-state index contributed by atoms with van der Waals surface area (Å²) in [5.74, 6) is 0. The van der Waals surface area contributed by atoms with E-state index in [0.29, 0.717) is 0 Å². The lowest BCUT2D eigenvalue weighted by Crippen LogP contribution is -1.91. The van der Waals surface area contributed by atoms with Crippen molar-refractivity contribution in [3.63, 3.8) is 0 Å². The summed E-state index contributed by atoms with van der Waals surface area (Å²) in [4.78, 5) is 0. The van der Waals surface area contributed by atoms with Crippen LogP contribution in [0.1, 0.15) is 0 Å². The molecule has 0 aliphatic heterocycles. The van der Waals surface area contributed by atoms with Crippen LogP contribution < -0.4 is 0 Å². The fraction of sp³-hybridized carbons (Fsp3) is 0. The average Bonchev–Trinajstić information content (AvgIpc) is 3.12. The second-order valence-corrected chi connectivity index (χ2v) is 12.4. The standard InChI is InChI=1S/C46H28/c1-2-9-35-28-36(23-16-29(35)8-1)45-40-14-5-3-12-38(40)44(39-13-4-6-15-41(39)45)33-19-17-30(18-20-33)37-26-24-34-22-21-31-10-7-11-32-25-27-42(37)46(34)43(31)32/h1-28H. The van der Waals surface area contributed by atoms with E-state index < -0.39 is 0 Å². The quantitative estimate of drug-likeness (QED) is 0.144. The molecule has 0 N–H and O–H groups in total. The van der Waals surface area contributed by atoms with Crippen molar-refractivity contribution in [2.24, 2.45) is 0 Å². The largest absolute Gasteiger partial charge is 0.0616 e. The highest BCUT2D eigenvalue weighted by atomic mass is 14.2. The molecule has 0 radical (unpaired) electrons. The lowest BCUT2D eigenvalue weighted by molar-refractivity contribution is 1.64. The van der Waals surface area contributed by atoms with Gasteiger partial charge in [-0.15, -0.1) is 0 Å². The van der Waals surface area contributed by atoms with Gasteiger partial charge in [-0.1, -0.05) is 164 Å². The molecule has 10 aromatic carbocycles. The third kappa shape index (κ3) is 3.68. The van der Waals surface area contributed by atoms with Crippen LogP contribution in [0.5, 0.6) is 0 Å². The van der Waals surface area contributed by atoms with Crippen molar-refractivity contribution >= 4 is 64.6 Å². The first-order valence-electron chi connectivity index (χ1n) is 16.0. The molecule has 0 unspecified atom stereocenters. The molecule has 0 nitrogen and oxygen atoms in total. The summed E-state index contributed by atoms with van der Waals surface area (Å²) >= 11 is 0. The summed E-state index contributed by atoms with van der Waals surface area (Å²) in [6.07, 6.45) is 0. The zero-order valence-electron chi connectivity index (χ0n) is 25.2. The lowest BCUT2D eigenvalue weighted by Gasteiger charge is -2.18. The molecule has 0 aromatic heterocycles. The Labute approximate surface area is 267 Å². The monoisotopic (exact) mass is 580 g/mol. The molecule has 0 bridgehead atoms. The molecule has 0 heteroatoms. The van der Waals surface area contributed by atoms with Gasteiger partial charge in [0.25, 0.3) is 0 Å². The van der Waals surface area contributed by atoms with Crippen LogP contribution in [-0.2, 0) is 0 Å². The van der Waals surface area contributed by atoms with Crippen LogP contribution in [-0.4, -0.2) is 0 Å². The number of rotatable bonds is 3. The fourth-order valence-electron chi connectivity index (χ4n) is 7.90. The number of hydrogen-bond donors (Lipinski definition) is 0. The van der Waals surface area contributed by atoms with Gasteiger partial charge in [-0.2, -0.15) is 0 Å². The minimum absolute atomic E-state index is 1.24. The maximum absolute atomic E-state index is 2.34. The Balaban J connectivity index is 1.18. The Morgan fingerprint density at radius 1 is 0.239 bits per heavy atom. The fourth-order valence-corrected chi connectivity index (χ4v) is 7.90. The van der Waals surface area contributed by atoms with Gasteiger partial charge in [-0.3, -0.25) is 0 Å². The Morgan fingerprint density at radius 2 is 0.696 bits per heavy atom. The molecule has 46 heavy (non-hydrogen) atoms. The van der Waals surface area contributed by atoms with Gasteiger partial charge in [0.1, 0.15) is 0 Å².